The molecule has 0 aromatic carbocycles. The Balaban J connectivity index is 2.48. The quantitative estimate of drug-likeness (QED) is 0.749. The van der Waals surface area contributed by atoms with Crippen LogP contribution < -0.4 is 5.32 Å². The summed E-state index contributed by atoms with van der Waals surface area (Å²) < 4.78 is 10.8. The van der Waals surface area contributed by atoms with E-state index in [-0.39, 0.29) is 0 Å². The summed E-state index contributed by atoms with van der Waals surface area (Å²) in [6, 6.07) is 4.40. The average molecular weight is 240 g/mol. The third-order valence-corrected chi connectivity index (χ3v) is 2.81. The normalized spacial score (nSPS) is 13.2. The van der Waals surface area contributed by atoms with Crippen molar-refractivity contribution >= 4 is 0 Å². The van der Waals surface area contributed by atoms with E-state index < -0.39 is 0 Å². The van der Waals surface area contributed by atoms with E-state index in [1.165, 1.54) is 0 Å². The van der Waals surface area contributed by atoms with Gasteiger partial charge in [-0.3, -0.25) is 4.90 Å². The van der Waals surface area contributed by atoms with Crippen LogP contribution in [0.3, 0.4) is 0 Å². The van der Waals surface area contributed by atoms with E-state index >= 15 is 0 Å². The first-order chi connectivity index (χ1) is 8.17. The fourth-order valence-corrected chi connectivity index (χ4v) is 1.79. The Kier molecular flexibility index (Phi) is 6.26. The van der Waals surface area contributed by atoms with Crippen molar-refractivity contribution in [3.63, 3.8) is 0 Å². The highest BCUT2D eigenvalue weighted by Crippen LogP contribution is 2.10. The van der Waals surface area contributed by atoms with Crippen molar-refractivity contribution < 1.29 is 9.15 Å². The van der Waals surface area contributed by atoms with Crippen molar-refractivity contribution in [2.24, 2.45) is 0 Å². The first-order valence-electron chi connectivity index (χ1n) is 6.12. The van der Waals surface area contributed by atoms with Gasteiger partial charge >= 0.3 is 0 Å². The number of likely N-dealkylation sites (N-methyl/N-ethyl adjacent to an activating group) is 2. The molecule has 0 aliphatic rings. The third kappa shape index (κ3) is 4.89. The van der Waals surface area contributed by atoms with Gasteiger partial charge in [0.05, 0.1) is 13.2 Å². The van der Waals surface area contributed by atoms with E-state index in [4.69, 9.17) is 9.15 Å². The van der Waals surface area contributed by atoms with Crippen LogP contribution in [0.15, 0.2) is 16.5 Å². The van der Waals surface area contributed by atoms with Crippen LogP contribution >= 0.6 is 0 Å². The molecule has 1 atom stereocenters. The van der Waals surface area contributed by atoms with Gasteiger partial charge in [0, 0.05) is 19.7 Å². The Morgan fingerprint density at radius 1 is 1.47 bits per heavy atom. The lowest BCUT2D eigenvalue weighted by Gasteiger charge is -2.26. The maximum Gasteiger partial charge on any atom is 0.118 e. The Morgan fingerprint density at radius 2 is 2.24 bits per heavy atom. The number of hydrogen-bond acceptors (Lipinski definition) is 4. The minimum absolute atomic E-state index is 0.366. The highest BCUT2D eigenvalue weighted by atomic mass is 16.5. The molecule has 0 aliphatic carbocycles. The van der Waals surface area contributed by atoms with Crippen molar-refractivity contribution in [3.05, 3.63) is 23.7 Å². The molecule has 4 nitrogen and oxygen atoms in total. The third-order valence-electron chi connectivity index (χ3n) is 2.81. The molecule has 0 aliphatic heterocycles. The zero-order valence-electron chi connectivity index (χ0n) is 11.3. The Labute approximate surface area is 104 Å². The molecule has 1 aromatic rings. The van der Waals surface area contributed by atoms with Crippen molar-refractivity contribution in [2.75, 3.05) is 33.9 Å². The topological polar surface area (TPSA) is 37.6 Å². The van der Waals surface area contributed by atoms with Crippen molar-refractivity contribution in [2.45, 2.75) is 26.4 Å². The molecule has 1 rings (SSSR count). The zero-order valence-corrected chi connectivity index (χ0v) is 11.3. The molecule has 0 radical (unpaired) electrons. The minimum atomic E-state index is 0.366. The molecule has 1 N–H and O–H groups in total. The molecule has 0 bridgehead atoms. The monoisotopic (exact) mass is 240 g/mol. The second kappa shape index (κ2) is 7.48. The van der Waals surface area contributed by atoms with Gasteiger partial charge in [-0.05, 0) is 32.6 Å². The van der Waals surface area contributed by atoms with E-state index in [2.05, 4.69) is 24.2 Å². The Hall–Kier alpha value is -0.840. The van der Waals surface area contributed by atoms with Gasteiger partial charge < -0.3 is 14.5 Å². The van der Waals surface area contributed by atoms with Gasteiger partial charge in [-0.1, -0.05) is 6.92 Å². The molecular formula is C13H24N2O2. The van der Waals surface area contributed by atoms with Crippen LogP contribution in [0.2, 0.25) is 0 Å². The summed E-state index contributed by atoms with van der Waals surface area (Å²) in [6.45, 7) is 7.53. The van der Waals surface area contributed by atoms with Gasteiger partial charge in [0.15, 0.2) is 0 Å². The molecule has 98 valence electrons. The zero-order chi connectivity index (χ0) is 12.7. The fourth-order valence-electron chi connectivity index (χ4n) is 1.79. The summed E-state index contributed by atoms with van der Waals surface area (Å²) in [4.78, 5) is 2.25. The molecule has 1 unspecified atom stereocenters. The van der Waals surface area contributed by atoms with E-state index in [9.17, 15) is 0 Å². The van der Waals surface area contributed by atoms with Gasteiger partial charge in [-0.2, -0.15) is 0 Å². The summed E-state index contributed by atoms with van der Waals surface area (Å²) in [7, 11) is 3.84. The molecule has 1 heterocycles. The standard InChI is InChI=1S/C13H24N2O2/c1-5-14-8-12(10-16-4)15(3)9-13-7-6-11(2)17-13/h6-7,12,14H,5,8-10H2,1-4H3. The van der Waals surface area contributed by atoms with E-state index in [0.29, 0.717) is 6.04 Å². The van der Waals surface area contributed by atoms with Crippen LogP contribution in [0.25, 0.3) is 0 Å². The lowest BCUT2D eigenvalue weighted by molar-refractivity contribution is 0.0974. The molecule has 0 amide bonds. The highest BCUT2D eigenvalue weighted by Gasteiger charge is 2.15. The number of methoxy groups -OCH3 is 1. The van der Waals surface area contributed by atoms with Gasteiger partial charge in [-0.15, -0.1) is 0 Å². The number of nitrogens with zero attached hydrogens (tertiary/aromatic N) is 1. The molecule has 1 aromatic heterocycles. The maximum atomic E-state index is 5.58. The molecule has 0 saturated heterocycles. The van der Waals surface area contributed by atoms with Crippen molar-refractivity contribution in [1.82, 2.24) is 10.2 Å². The Bertz CT molecular complexity index is 312. The van der Waals surface area contributed by atoms with Gasteiger partial charge in [0.1, 0.15) is 11.5 Å². The summed E-state index contributed by atoms with van der Waals surface area (Å²) in [5.74, 6) is 1.96. The van der Waals surface area contributed by atoms with Gasteiger partial charge in [0.25, 0.3) is 0 Å². The molecule has 17 heavy (non-hydrogen) atoms. The van der Waals surface area contributed by atoms with E-state index in [1.807, 2.05) is 19.1 Å². The number of rotatable bonds is 8. The maximum absolute atomic E-state index is 5.58. The number of aryl methyl sites for hydroxylation is 1. The second-order valence-electron chi connectivity index (χ2n) is 4.34. The number of hydrogen-bond donors (Lipinski definition) is 1. The smallest absolute Gasteiger partial charge is 0.118 e. The van der Waals surface area contributed by atoms with E-state index in [0.717, 1.165) is 37.8 Å². The summed E-state index contributed by atoms with van der Waals surface area (Å²) >= 11 is 0. The molecule has 4 heteroatoms. The average Bonchev–Trinajstić information content (AvgIpc) is 2.70. The molecule has 0 saturated carbocycles. The molecule has 0 fully saturated rings. The first kappa shape index (κ1) is 14.2. The van der Waals surface area contributed by atoms with Gasteiger partial charge in [-0.25, -0.2) is 0 Å². The SMILES string of the molecule is CCNCC(COC)N(C)Cc1ccc(C)o1. The van der Waals surface area contributed by atoms with Crippen molar-refractivity contribution in [1.29, 1.82) is 0 Å². The first-order valence-corrected chi connectivity index (χ1v) is 6.12. The van der Waals surface area contributed by atoms with Crippen LogP contribution in [0, 0.1) is 6.92 Å². The van der Waals surface area contributed by atoms with Crippen molar-refractivity contribution in [3.8, 4) is 0 Å². The van der Waals surface area contributed by atoms with Crippen LogP contribution in [-0.4, -0.2) is 44.8 Å². The summed E-state index contributed by atoms with van der Waals surface area (Å²) in [5.41, 5.74) is 0. The Morgan fingerprint density at radius 3 is 2.76 bits per heavy atom. The lowest BCUT2D eigenvalue weighted by atomic mass is 10.2. The predicted octanol–water partition coefficient (Wildman–Crippen LogP) is 1.64. The predicted molar refractivity (Wildman–Crippen MR) is 69.1 cm³/mol. The summed E-state index contributed by atoms with van der Waals surface area (Å²) in [5, 5.41) is 3.35. The van der Waals surface area contributed by atoms with Crippen LogP contribution in [0.4, 0.5) is 0 Å². The number of nitrogens with one attached hydrogen (secondary N) is 1. The fraction of sp³-hybridized carbons (Fsp3) is 0.692. The number of ether oxygens (including phenoxy) is 1. The highest BCUT2D eigenvalue weighted by molar-refractivity contribution is 5.05. The lowest BCUT2D eigenvalue weighted by Crippen LogP contribution is -2.42. The molecular weight excluding hydrogens is 216 g/mol. The largest absolute Gasteiger partial charge is 0.465 e. The molecule has 0 spiro atoms. The number of furan rings is 1. The van der Waals surface area contributed by atoms with Crippen LogP contribution in [0.1, 0.15) is 18.4 Å². The second-order valence-corrected chi connectivity index (χ2v) is 4.34. The van der Waals surface area contributed by atoms with Crippen LogP contribution in [-0.2, 0) is 11.3 Å². The summed E-state index contributed by atoms with van der Waals surface area (Å²) in [6.07, 6.45) is 0. The van der Waals surface area contributed by atoms with Gasteiger partial charge in [0.2, 0.25) is 0 Å². The minimum Gasteiger partial charge on any atom is -0.465 e. The van der Waals surface area contributed by atoms with E-state index in [1.54, 1.807) is 7.11 Å². The van der Waals surface area contributed by atoms with Crippen LogP contribution in [0.5, 0.6) is 0 Å².